The highest BCUT2D eigenvalue weighted by molar-refractivity contribution is 6.04. The number of allylic oxidation sites excluding steroid dienone is 2. The van der Waals surface area contributed by atoms with E-state index in [1.54, 1.807) is 20.3 Å². The van der Waals surface area contributed by atoms with Crippen LogP contribution in [0, 0.1) is 0 Å². The molecule has 0 bridgehead atoms. The second kappa shape index (κ2) is 8.77. The van der Waals surface area contributed by atoms with E-state index >= 15 is 0 Å². The van der Waals surface area contributed by atoms with Gasteiger partial charge in [0.1, 0.15) is 0 Å². The molecule has 0 heterocycles. The van der Waals surface area contributed by atoms with Gasteiger partial charge in [-0.1, -0.05) is 36.4 Å². The molecule has 126 valence electrons. The lowest BCUT2D eigenvalue weighted by Gasteiger charge is -2.10. The molecule has 0 radical (unpaired) electrons. The molecule has 0 amide bonds. The molecule has 0 unspecified atom stereocenters. The molecular formula is C20H23NO3. The second-order valence-corrected chi connectivity index (χ2v) is 5.42. The Bertz CT molecular complexity index is 708. The van der Waals surface area contributed by atoms with Gasteiger partial charge in [-0.3, -0.25) is 4.79 Å². The maximum Gasteiger partial charge on any atom is 0.187 e. The first-order valence-corrected chi connectivity index (χ1v) is 7.86. The number of carbonyl (C=O) groups is 1. The van der Waals surface area contributed by atoms with Crippen LogP contribution in [-0.2, 0) is 6.42 Å². The average molecular weight is 325 g/mol. The molecule has 24 heavy (non-hydrogen) atoms. The van der Waals surface area contributed by atoms with Crippen LogP contribution in [0.4, 0.5) is 0 Å². The van der Waals surface area contributed by atoms with E-state index < -0.39 is 0 Å². The fourth-order valence-corrected chi connectivity index (χ4v) is 2.37. The molecule has 0 aliphatic carbocycles. The summed E-state index contributed by atoms with van der Waals surface area (Å²) in [6.45, 7) is 2.63. The number of hydrogen-bond acceptors (Lipinski definition) is 4. The van der Waals surface area contributed by atoms with Crippen LogP contribution < -0.4 is 14.8 Å². The van der Waals surface area contributed by atoms with E-state index in [0.29, 0.717) is 5.56 Å². The quantitative estimate of drug-likeness (QED) is 0.595. The van der Waals surface area contributed by atoms with Crippen LogP contribution in [0.1, 0.15) is 22.8 Å². The van der Waals surface area contributed by atoms with Crippen LogP contribution in [0.15, 0.2) is 60.3 Å². The van der Waals surface area contributed by atoms with Gasteiger partial charge in [-0.2, -0.15) is 0 Å². The van der Waals surface area contributed by atoms with E-state index in [2.05, 4.69) is 5.32 Å². The second-order valence-electron chi connectivity index (χ2n) is 5.42. The van der Waals surface area contributed by atoms with E-state index in [0.717, 1.165) is 35.7 Å². The predicted octanol–water partition coefficient (Wildman–Crippen LogP) is 3.62. The normalized spacial score (nSPS) is 11.0. The number of ether oxygens (including phenoxy) is 2. The number of ketones is 1. The van der Waals surface area contributed by atoms with E-state index in [1.807, 2.05) is 55.5 Å². The Hall–Kier alpha value is -2.75. The first-order chi connectivity index (χ1) is 11.6. The smallest absolute Gasteiger partial charge is 0.187 e. The van der Waals surface area contributed by atoms with E-state index in [4.69, 9.17) is 9.47 Å². The van der Waals surface area contributed by atoms with Gasteiger partial charge in [-0.25, -0.2) is 0 Å². The van der Waals surface area contributed by atoms with Gasteiger partial charge in [0.2, 0.25) is 0 Å². The molecule has 2 aromatic rings. The number of carbonyl (C=O) groups excluding carboxylic acids is 1. The summed E-state index contributed by atoms with van der Waals surface area (Å²) in [7, 11) is 3.25. The highest BCUT2D eigenvalue weighted by atomic mass is 16.5. The summed E-state index contributed by atoms with van der Waals surface area (Å²) >= 11 is 0. The van der Waals surface area contributed by atoms with Crippen molar-refractivity contribution in [3.63, 3.8) is 0 Å². The molecular weight excluding hydrogens is 302 g/mol. The fraction of sp³-hybridized carbons (Fsp3) is 0.250. The molecule has 0 spiro atoms. The first-order valence-electron chi connectivity index (χ1n) is 7.86. The zero-order valence-electron chi connectivity index (χ0n) is 14.3. The van der Waals surface area contributed by atoms with Crippen molar-refractivity contribution in [2.75, 3.05) is 20.8 Å². The number of rotatable bonds is 8. The molecule has 2 aromatic carbocycles. The van der Waals surface area contributed by atoms with Crippen molar-refractivity contribution in [1.82, 2.24) is 5.32 Å². The standard InChI is InChI=1S/C20H23NO3/c1-15(13-18(22)17-7-5-4-6-8-17)21-12-11-16-9-10-19(23-2)20(14-16)24-3/h4-10,13-14,21H,11-12H2,1-3H3/b15-13+. The van der Waals surface area contributed by atoms with Gasteiger partial charge >= 0.3 is 0 Å². The maximum absolute atomic E-state index is 12.1. The highest BCUT2D eigenvalue weighted by Gasteiger charge is 2.05. The zero-order chi connectivity index (χ0) is 17.4. The highest BCUT2D eigenvalue weighted by Crippen LogP contribution is 2.27. The van der Waals surface area contributed by atoms with Gasteiger partial charge < -0.3 is 14.8 Å². The summed E-state index contributed by atoms with van der Waals surface area (Å²) in [5.41, 5.74) is 2.69. The van der Waals surface area contributed by atoms with Gasteiger partial charge in [0, 0.05) is 23.9 Å². The van der Waals surface area contributed by atoms with Crippen molar-refractivity contribution in [1.29, 1.82) is 0 Å². The van der Waals surface area contributed by atoms with Gasteiger partial charge in [-0.15, -0.1) is 0 Å². The lowest BCUT2D eigenvalue weighted by Crippen LogP contribution is -2.16. The molecule has 0 aliphatic heterocycles. The van der Waals surface area contributed by atoms with E-state index in [9.17, 15) is 4.79 Å². The van der Waals surface area contributed by atoms with Crippen LogP contribution in [0.5, 0.6) is 11.5 Å². The molecule has 0 aromatic heterocycles. The zero-order valence-corrected chi connectivity index (χ0v) is 14.3. The van der Waals surface area contributed by atoms with Crippen LogP contribution >= 0.6 is 0 Å². The molecule has 1 N–H and O–H groups in total. The minimum Gasteiger partial charge on any atom is -0.493 e. The van der Waals surface area contributed by atoms with Crippen molar-refractivity contribution < 1.29 is 14.3 Å². The topological polar surface area (TPSA) is 47.6 Å². The maximum atomic E-state index is 12.1. The molecule has 4 heteroatoms. The van der Waals surface area contributed by atoms with Crippen molar-refractivity contribution in [2.24, 2.45) is 0 Å². The van der Waals surface area contributed by atoms with Crippen molar-refractivity contribution in [3.05, 3.63) is 71.4 Å². The Labute approximate surface area is 143 Å². The summed E-state index contributed by atoms with van der Waals surface area (Å²) in [6.07, 6.45) is 2.45. The van der Waals surface area contributed by atoms with Gasteiger partial charge in [0.05, 0.1) is 14.2 Å². The van der Waals surface area contributed by atoms with Crippen LogP contribution in [0.25, 0.3) is 0 Å². The third-order valence-electron chi connectivity index (χ3n) is 3.67. The lowest BCUT2D eigenvalue weighted by atomic mass is 10.1. The molecule has 4 nitrogen and oxygen atoms in total. The Morgan fingerprint density at radius 2 is 1.75 bits per heavy atom. The summed E-state index contributed by atoms with van der Waals surface area (Å²) in [5.74, 6) is 1.45. The van der Waals surface area contributed by atoms with Crippen LogP contribution in [0.2, 0.25) is 0 Å². The minimum atomic E-state index is 0.00622. The monoisotopic (exact) mass is 325 g/mol. The molecule has 0 aliphatic rings. The number of methoxy groups -OCH3 is 2. The molecule has 0 atom stereocenters. The van der Waals surface area contributed by atoms with Crippen LogP contribution in [0.3, 0.4) is 0 Å². The van der Waals surface area contributed by atoms with Crippen molar-refractivity contribution in [3.8, 4) is 11.5 Å². The number of nitrogens with one attached hydrogen (secondary N) is 1. The predicted molar refractivity (Wildman–Crippen MR) is 95.8 cm³/mol. The summed E-state index contributed by atoms with van der Waals surface area (Å²) in [5, 5.41) is 3.27. The summed E-state index contributed by atoms with van der Waals surface area (Å²) < 4.78 is 10.5. The van der Waals surface area contributed by atoms with Gasteiger partial charge in [-0.05, 0) is 31.0 Å². The van der Waals surface area contributed by atoms with E-state index in [-0.39, 0.29) is 5.78 Å². The molecule has 0 saturated carbocycles. The fourth-order valence-electron chi connectivity index (χ4n) is 2.37. The Kier molecular flexibility index (Phi) is 6.43. The Balaban J connectivity index is 1.89. The van der Waals surface area contributed by atoms with Crippen molar-refractivity contribution in [2.45, 2.75) is 13.3 Å². The van der Waals surface area contributed by atoms with E-state index in [1.165, 1.54) is 0 Å². The van der Waals surface area contributed by atoms with Gasteiger partial charge in [0.25, 0.3) is 0 Å². The molecule has 0 saturated heterocycles. The Morgan fingerprint density at radius 1 is 1.04 bits per heavy atom. The third kappa shape index (κ3) is 4.88. The molecule has 2 rings (SSSR count). The van der Waals surface area contributed by atoms with Crippen molar-refractivity contribution >= 4 is 5.78 Å². The third-order valence-corrected chi connectivity index (χ3v) is 3.67. The lowest BCUT2D eigenvalue weighted by molar-refractivity contribution is 0.104. The summed E-state index contributed by atoms with van der Waals surface area (Å²) in [4.78, 5) is 12.1. The largest absolute Gasteiger partial charge is 0.493 e. The summed E-state index contributed by atoms with van der Waals surface area (Å²) in [6, 6.07) is 15.1. The average Bonchev–Trinajstić information content (AvgIpc) is 2.62. The first kappa shape index (κ1) is 17.6. The van der Waals surface area contributed by atoms with Gasteiger partial charge in [0.15, 0.2) is 17.3 Å². The SMILES string of the molecule is COc1ccc(CCN/C(C)=C/C(=O)c2ccccc2)cc1OC. The van der Waals surface area contributed by atoms with Crippen LogP contribution in [-0.4, -0.2) is 26.5 Å². The minimum absolute atomic E-state index is 0.00622. The Morgan fingerprint density at radius 3 is 2.42 bits per heavy atom. The number of hydrogen-bond donors (Lipinski definition) is 1. The molecule has 0 fully saturated rings. The number of benzene rings is 2.